The molecule has 0 saturated carbocycles. The molecule has 0 aromatic heterocycles. The molecule has 0 amide bonds. The molecule has 28 heavy (non-hydrogen) atoms. The van der Waals surface area contributed by atoms with Crippen molar-refractivity contribution < 1.29 is 0 Å². The van der Waals surface area contributed by atoms with Crippen molar-refractivity contribution in [2.24, 2.45) is 0 Å². The molecule has 3 rings (SSSR count). The SMILES string of the molecule is CC(C)(C)c1cc(C(C)(C)C)cc([Si](Cl)(c2ccccc2)c2ccccc2)c1. The molecule has 0 aliphatic rings. The number of halogens is 1. The third-order valence-electron chi connectivity index (χ3n) is 5.41. The molecule has 3 aromatic carbocycles. The normalized spacial score (nSPS) is 12.8. The molecule has 0 heterocycles. The van der Waals surface area contributed by atoms with E-state index in [0.717, 1.165) is 0 Å². The van der Waals surface area contributed by atoms with Crippen LogP contribution < -0.4 is 15.6 Å². The van der Waals surface area contributed by atoms with Crippen molar-refractivity contribution in [3.8, 4) is 0 Å². The molecule has 0 radical (unpaired) electrons. The van der Waals surface area contributed by atoms with Crippen LogP contribution in [0.1, 0.15) is 52.7 Å². The standard InChI is InChI=1S/C26H31ClSi/c1-25(2,3)20-17-21(26(4,5)6)19-24(18-20)28(27,22-13-9-7-10-14-22)23-15-11-8-12-16-23/h7-19H,1-6H3. The van der Waals surface area contributed by atoms with Gasteiger partial charge in [0.05, 0.1) is 0 Å². The van der Waals surface area contributed by atoms with E-state index in [2.05, 4.69) is 120 Å². The highest BCUT2D eigenvalue weighted by atomic mass is 35.6. The first-order chi connectivity index (χ1) is 13.0. The van der Waals surface area contributed by atoms with Crippen LogP contribution in [0, 0.1) is 0 Å². The second-order valence-corrected chi connectivity index (χ2v) is 14.4. The first kappa shape index (κ1) is 20.9. The van der Waals surface area contributed by atoms with Gasteiger partial charge in [-0.3, -0.25) is 0 Å². The molecule has 3 aromatic rings. The van der Waals surface area contributed by atoms with Gasteiger partial charge in [-0.25, -0.2) is 0 Å². The zero-order valence-electron chi connectivity index (χ0n) is 17.9. The monoisotopic (exact) mass is 406 g/mol. The van der Waals surface area contributed by atoms with E-state index in [1.54, 1.807) is 0 Å². The zero-order chi connectivity index (χ0) is 20.6. The summed E-state index contributed by atoms with van der Waals surface area (Å²) in [4.78, 5) is 0. The zero-order valence-corrected chi connectivity index (χ0v) is 19.6. The van der Waals surface area contributed by atoms with Crippen molar-refractivity contribution in [2.75, 3.05) is 0 Å². The van der Waals surface area contributed by atoms with Crippen LogP contribution in [-0.2, 0) is 10.8 Å². The average Bonchev–Trinajstić information content (AvgIpc) is 2.67. The van der Waals surface area contributed by atoms with E-state index < -0.39 is 7.38 Å². The Morgan fingerprint density at radius 3 is 1.21 bits per heavy atom. The van der Waals surface area contributed by atoms with Crippen molar-refractivity contribution in [2.45, 2.75) is 52.4 Å². The fourth-order valence-corrected chi connectivity index (χ4v) is 7.62. The van der Waals surface area contributed by atoms with E-state index in [1.807, 2.05) is 0 Å². The van der Waals surface area contributed by atoms with Crippen LogP contribution in [0.15, 0.2) is 78.9 Å². The Morgan fingerprint density at radius 1 is 0.536 bits per heavy atom. The molecular formula is C26H31ClSi. The van der Waals surface area contributed by atoms with Crippen molar-refractivity contribution in [3.63, 3.8) is 0 Å². The maximum Gasteiger partial charge on any atom is 0.247 e. The fourth-order valence-electron chi connectivity index (χ4n) is 3.53. The molecule has 0 aliphatic carbocycles. The maximum atomic E-state index is 7.70. The van der Waals surface area contributed by atoms with Gasteiger partial charge < -0.3 is 0 Å². The second-order valence-electron chi connectivity index (χ2n) is 9.69. The minimum absolute atomic E-state index is 0.0651. The third-order valence-corrected chi connectivity index (χ3v) is 10.7. The highest BCUT2D eigenvalue weighted by molar-refractivity contribution is 7.40. The Bertz CT molecular complexity index is 860. The fraction of sp³-hybridized carbons (Fsp3) is 0.308. The van der Waals surface area contributed by atoms with Crippen LogP contribution in [0.5, 0.6) is 0 Å². The summed E-state index contributed by atoms with van der Waals surface area (Å²) in [6, 6.07) is 28.3. The molecule has 0 saturated heterocycles. The number of hydrogen-bond acceptors (Lipinski definition) is 0. The largest absolute Gasteiger partial charge is 0.247 e. The third kappa shape index (κ3) is 4.11. The molecule has 0 nitrogen and oxygen atoms in total. The molecule has 0 spiro atoms. The van der Waals surface area contributed by atoms with Crippen molar-refractivity contribution in [3.05, 3.63) is 90.0 Å². The molecule has 0 unspecified atom stereocenters. The first-order valence-corrected chi connectivity index (χ1v) is 13.0. The van der Waals surface area contributed by atoms with Gasteiger partial charge in [0.15, 0.2) is 0 Å². The number of benzene rings is 3. The average molecular weight is 407 g/mol. The van der Waals surface area contributed by atoms with Crippen LogP contribution in [-0.4, -0.2) is 7.38 Å². The van der Waals surface area contributed by atoms with E-state index in [1.165, 1.54) is 26.7 Å². The molecule has 0 N–H and O–H groups in total. The summed E-state index contributed by atoms with van der Waals surface area (Å²) in [6.07, 6.45) is 0. The Balaban J connectivity index is 2.35. The van der Waals surface area contributed by atoms with Gasteiger partial charge in [0, 0.05) is 0 Å². The summed E-state index contributed by atoms with van der Waals surface area (Å²) >= 11 is 7.70. The first-order valence-electron chi connectivity index (χ1n) is 9.99. The van der Waals surface area contributed by atoms with Gasteiger partial charge in [-0.2, -0.15) is 0 Å². The lowest BCUT2D eigenvalue weighted by Gasteiger charge is -2.31. The van der Waals surface area contributed by atoms with Crippen molar-refractivity contribution in [1.82, 2.24) is 0 Å². The van der Waals surface area contributed by atoms with Gasteiger partial charge in [-0.1, -0.05) is 120 Å². The van der Waals surface area contributed by atoms with Crippen LogP contribution >= 0.6 is 11.1 Å². The quantitative estimate of drug-likeness (QED) is 0.306. The predicted octanol–water partition coefficient (Wildman–Crippen LogP) is 5.49. The topological polar surface area (TPSA) is 0 Å². The summed E-state index contributed by atoms with van der Waals surface area (Å²) in [5, 5.41) is 3.73. The van der Waals surface area contributed by atoms with E-state index in [4.69, 9.17) is 11.1 Å². The molecule has 0 bridgehead atoms. The maximum absolute atomic E-state index is 7.70. The lowest BCUT2D eigenvalue weighted by atomic mass is 9.81. The number of rotatable bonds is 3. The van der Waals surface area contributed by atoms with Crippen LogP contribution in [0.25, 0.3) is 0 Å². The van der Waals surface area contributed by atoms with Gasteiger partial charge in [-0.05, 0) is 37.5 Å². The molecule has 0 aliphatic heterocycles. The summed E-state index contributed by atoms with van der Waals surface area (Å²) in [5.74, 6) is 0. The molecule has 0 atom stereocenters. The smallest absolute Gasteiger partial charge is 0.149 e. The summed E-state index contributed by atoms with van der Waals surface area (Å²) < 4.78 is 0. The minimum Gasteiger partial charge on any atom is -0.149 e. The molecule has 0 fully saturated rings. The Morgan fingerprint density at radius 2 is 0.893 bits per heavy atom. The molecular weight excluding hydrogens is 376 g/mol. The van der Waals surface area contributed by atoms with E-state index in [9.17, 15) is 0 Å². The van der Waals surface area contributed by atoms with Crippen molar-refractivity contribution >= 4 is 34.0 Å². The summed E-state index contributed by atoms with van der Waals surface area (Å²) in [7, 11) is -2.63. The predicted molar refractivity (Wildman–Crippen MR) is 127 cm³/mol. The summed E-state index contributed by atoms with van der Waals surface area (Å²) in [5.41, 5.74) is 2.82. The van der Waals surface area contributed by atoms with Crippen LogP contribution in [0.2, 0.25) is 0 Å². The molecule has 2 heteroatoms. The van der Waals surface area contributed by atoms with E-state index in [-0.39, 0.29) is 10.8 Å². The highest BCUT2D eigenvalue weighted by Gasteiger charge is 2.39. The van der Waals surface area contributed by atoms with E-state index in [0.29, 0.717) is 0 Å². The van der Waals surface area contributed by atoms with Gasteiger partial charge in [0.2, 0.25) is 7.38 Å². The van der Waals surface area contributed by atoms with Crippen LogP contribution in [0.4, 0.5) is 0 Å². The lowest BCUT2D eigenvalue weighted by Crippen LogP contribution is -2.63. The lowest BCUT2D eigenvalue weighted by molar-refractivity contribution is 0.569. The van der Waals surface area contributed by atoms with Gasteiger partial charge >= 0.3 is 0 Å². The van der Waals surface area contributed by atoms with E-state index >= 15 is 0 Å². The van der Waals surface area contributed by atoms with Gasteiger partial charge in [0.25, 0.3) is 0 Å². The Kier molecular flexibility index (Phi) is 5.62. The Hall–Kier alpha value is -1.83. The van der Waals surface area contributed by atoms with Crippen LogP contribution in [0.3, 0.4) is 0 Å². The van der Waals surface area contributed by atoms with Gasteiger partial charge in [0.1, 0.15) is 0 Å². The minimum atomic E-state index is -2.63. The molecule has 146 valence electrons. The summed E-state index contributed by atoms with van der Waals surface area (Å²) in [6.45, 7) is 13.7. The second kappa shape index (κ2) is 7.53. The number of hydrogen-bond donors (Lipinski definition) is 0. The highest BCUT2D eigenvalue weighted by Crippen LogP contribution is 2.29. The van der Waals surface area contributed by atoms with Gasteiger partial charge in [-0.15, -0.1) is 11.1 Å². The Labute approximate surface area is 176 Å². The van der Waals surface area contributed by atoms with Crippen molar-refractivity contribution in [1.29, 1.82) is 0 Å².